The smallest absolute Gasteiger partial charge is 0.305 e. The third-order valence-corrected chi connectivity index (χ3v) is 5.63. The van der Waals surface area contributed by atoms with Crippen molar-refractivity contribution in [1.29, 1.82) is 0 Å². The molecule has 0 radical (unpaired) electrons. The van der Waals surface area contributed by atoms with Gasteiger partial charge in [-0.15, -0.1) is 0 Å². The number of aliphatic hydroxyl groups excluding tert-OH is 2. The lowest BCUT2D eigenvalue weighted by molar-refractivity contribution is -0.139. The van der Waals surface area contributed by atoms with Crippen LogP contribution in [0, 0.1) is 5.82 Å². The number of hydrogen-bond donors (Lipinski definition) is 3. The molecule has 1 aromatic carbocycles. The van der Waals surface area contributed by atoms with Gasteiger partial charge in [-0.1, -0.05) is 58.9 Å². The zero-order chi connectivity index (χ0) is 26.1. The Labute approximate surface area is 207 Å². The Kier molecular flexibility index (Phi) is 11.0. The Bertz CT molecular complexity index is 1000. The second kappa shape index (κ2) is 13.5. The number of carboxylic acid groups (broad SMARTS) is 1. The van der Waals surface area contributed by atoms with E-state index in [1.807, 2.05) is 20.8 Å². The Balaban J connectivity index is 2.69. The summed E-state index contributed by atoms with van der Waals surface area (Å²) in [4.78, 5) is 15.9. The van der Waals surface area contributed by atoms with Gasteiger partial charge in [0.15, 0.2) is 0 Å². The molecule has 0 fully saturated rings. The molecule has 0 aliphatic carbocycles. The standard InChI is InChI=1S/C28H38FNO5/c1-6-13-35-16-24-26(19-7-9-20(29)10-8-19)23(27(17(2)3)30-28(24)18(4)5)12-11-21(31)14-22(32)15-25(33)34/h7-12,17-18,21-22,31-32H,6,13-16H2,1-5H3,(H,33,34)/b12-11+. The highest BCUT2D eigenvalue weighted by Gasteiger charge is 2.23. The van der Waals surface area contributed by atoms with Gasteiger partial charge >= 0.3 is 5.97 Å². The first-order valence-corrected chi connectivity index (χ1v) is 12.2. The lowest BCUT2D eigenvalue weighted by Gasteiger charge is -2.24. The molecule has 7 heteroatoms. The van der Waals surface area contributed by atoms with Gasteiger partial charge in [0.25, 0.3) is 0 Å². The van der Waals surface area contributed by atoms with Crippen LogP contribution in [0.3, 0.4) is 0 Å². The first kappa shape index (κ1) is 28.6. The highest BCUT2D eigenvalue weighted by Crippen LogP contribution is 2.38. The van der Waals surface area contributed by atoms with Crippen molar-refractivity contribution in [2.45, 2.75) is 84.5 Å². The van der Waals surface area contributed by atoms with Crippen LogP contribution in [-0.2, 0) is 16.1 Å². The lowest BCUT2D eigenvalue weighted by Crippen LogP contribution is -2.19. The summed E-state index contributed by atoms with van der Waals surface area (Å²) in [5.41, 5.74) is 5.15. The van der Waals surface area contributed by atoms with Crippen LogP contribution in [-0.4, -0.2) is 45.1 Å². The highest BCUT2D eigenvalue weighted by molar-refractivity contribution is 5.80. The van der Waals surface area contributed by atoms with Crippen molar-refractivity contribution < 1.29 is 29.2 Å². The summed E-state index contributed by atoms with van der Waals surface area (Å²) in [6.45, 7) is 11.2. The average Bonchev–Trinajstić information content (AvgIpc) is 2.77. The molecule has 2 unspecified atom stereocenters. The molecule has 0 bridgehead atoms. The Hall–Kier alpha value is -2.61. The molecule has 0 aliphatic rings. The summed E-state index contributed by atoms with van der Waals surface area (Å²) in [7, 11) is 0. The van der Waals surface area contributed by atoms with E-state index >= 15 is 0 Å². The van der Waals surface area contributed by atoms with Gasteiger partial charge in [-0.05, 0) is 41.5 Å². The number of aliphatic carboxylic acids is 1. The van der Waals surface area contributed by atoms with Crippen molar-refractivity contribution >= 4 is 12.0 Å². The normalized spacial score (nSPS) is 13.7. The number of pyridine rings is 1. The number of hydrogen-bond acceptors (Lipinski definition) is 5. The van der Waals surface area contributed by atoms with Crippen molar-refractivity contribution in [3.63, 3.8) is 0 Å². The largest absolute Gasteiger partial charge is 0.481 e. The summed E-state index contributed by atoms with van der Waals surface area (Å²) in [6, 6.07) is 6.29. The highest BCUT2D eigenvalue weighted by atomic mass is 19.1. The number of benzene rings is 1. The third kappa shape index (κ3) is 8.23. The molecule has 1 aromatic heterocycles. The quantitative estimate of drug-likeness (QED) is 0.315. The first-order valence-electron chi connectivity index (χ1n) is 12.2. The van der Waals surface area contributed by atoms with Crippen LogP contribution in [0.4, 0.5) is 4.39 Å². The van der Waals surface area contributed by atoms with Crippen LogP contribution in [0.1, 0.15) is 88.2 Å². The molecule has 0 aliphatic heterocycles. The van der Waals surface area contributed by atoms with E-state index in [-0.39, 0.29) is 24.1 Å². The molecular weight excluding hydrogens is 449 g/mol. The number of ether oxygens (including phenoxy) is 1. The van der Waals surface area contributed by atoms with Gasteiger partial charge in [-0.3, -0.25) is 9.78 Å². The van der Waals surface area contributed by atoms with Crippen molar-refractivity contribution in [2.24, 2.45) is 0 Å². The predicted molar refractivity (Wildman–Crippen MR) is 136 cm³/mol. The summed E-state index contributed by atoms with van der Waals surface area (Å²) in [5.74, 6) is -1.27. The summed E-state index contributed by atoms with van der Waals surface area (Å²) in [6.07, 6.45) is 1.45. The van der Waals surface area contributed by atoms with E-state index in [4.69, 9.17) is 14.8 Å². The molecule has 2 rings (SSSR count). The molecule has 3 N–H and O–H groups in total. The average molecular weight is 488 g/mol. The fourth-order valence-corrected chi connectivity index (χ4v) is 4.02. The minimum Gasteiger partial charge on any atom is -0.481 e. The number of nitrogens with zero attached hydrogens (tertiary/aromatic N) is 1. The second-order valence-corrected chi connectivity index (χ2v) is 9.43. The summed E-state index contributed by atoms with van der Waals surface area (Å²) < 4.78 is 19.7. The summed E-state index contributed by atoms with van der Waals surface area (Å²) in [5, 5.41) is 29.3. The maximum atomic E-state index is 13.8. The molecule has 2 aromatic rings. The van der Waals surface area contributed by atoms with E-state index in [1.54, 1.807) is 24.3 Å². The van der Waals surface area contributed by atoms with Crippen molar-refractivity contribution in [3.05, 3.63) is 58.7 Å². The minimum absolute atomic E-state index is 0.0618. The van der Waals surface area contributed by atoms with E-state index in [1.165, 1.54) is 12.1 Å². The molecule has 35 heavy (non-hydrogen) atoms. The number of aromatic nitrogens is 1. The van der Waals surface area contributed by atoms with E-state index in [0.29, 0.717) is 13.2 Å². The Morgan fingerprint density at radius 1 is 1.09 bits per heavy atom. The summed E-state index contributed by atoms with van der Waals surface area (Å²) >= 11 is 0. The third-order valence-electron chi connectivity index (χ3n) is 5.63. The Morgan fingerprint density at radius 3 is 2.26 bits per heavy atom. The zero-order valence-electron chi connectivity index (χ0n) is 21.3. The molecule has 0 amide bonds. The van der Waals surface area contributed by atoms with Gasteiger partial charge in [-0.25, -0.2) is 4.39 Å². The van der Waals surface area contributed by atoms with Gasteiger partial charge in [-0.2, -0.15) is 0 Å². The van der Waals surface area contributed by atoms with Gasteiger partial charge in [0.2, 0.25) is 0 Å². The van der Waals surface area contributed by atoms with Crippen LogP contribution < -0.4 is 0 Å². The zero-order valence-corrected chi connectivity index (χ0v) is 21.3. The first-order chi connectivity index (χ1) is 16.5. The number of aliphatic hydroxyl groups is 2. The second-order valence-electron chi connectivity index (χ2n) is 9.43. The molecule has 0 saturated heterocycles. The maximum absolute atomic E-state index is 13.8. The van der Waals surface area contributed by atoms with Gasteiger partial charge in [0.05, 0.1) is 30.9 Å². The number of halogens is 1. The van der Waals surface area contributed by atoms with Crippen molar-refractivity contribution in [3.8, 4) is 11.1 Å². The SMILES string of the molecule is CCCOCc1c(C(C)C)nc(C(C)C)c(/C=C/C(O)CC(O)CC(=O)O)c1-c1ccc(F)cc1. The molecule has 2 atom stereocenters. The van der Waals surface area contributed by atoms with Crippen LogP contribution in [0.2, 0.25) is 0 Å². The monoisotopic (exact) mass is 487 g/mol. The lowest BCUT2D eigenvalue weighted by atomic mass is 9.87. The number of rotatable bonds is 13. The molecule has 0 saturated carbocycles. The van der Waals surface area contributed by atoms with Crippen molar-refractivity contribution in [2.75, 3.05) is 6.61 Å². The van der Waals surface area contributed by atoms with Crippen LogP contribution in [0.15, 0.2) is 30.3 Å². The molecule has 0 spiro atoms. The number of carbonyl (C=O) groups is 1. The fourth-order valence-electron chi connectivity index (χ4n) is 4.02. The van der Waals surface area contributed by atoms with Gasteiger partial charge in [0, 0.05) is 29.8 Å². The molecule has 192 valence electrons. The minimum atomic E-state index is -1.16. The van der Waals surface area contributed by atoms with Crippen LogP contribution >= 0.6 is 0 Å². The molecule has 1 heterocycles. The van der Waals surface area contributed by atoms with E-state index in [2.05, 4.69) is 13.8 Å². The maximum Gasteiger partial charge on any atom is 0.305 e. The van der Waals surface area contributed by atoms with Gasteiger partial charge < -0.3 is 20.1 Å². The van der Waals surface area contributed by atoms with Crippen molar-refractivity contribution in [1.82, 2.24) is 4.98 Å². The predicted octanol–water partition coefficient (Wildman–Crippen LogP) is 5.66. The topological polar surface area (TPSA) is 99.9 Å². The van der Waals surface area contributed by atoms with E-state index in [0.717, 1.165) is 40.1 Å². The molecule has 6 nitrogen and oxygen atoms in total. The van der Waals surface area contributed by atoms with Gasteiger partial charge in [0.1, 0.15) is 5.82 Å². The Morgan fingerprint density at radius 2 is 1.71 bits per heavy atom. The number of carboxylic acids is 1. The fraction of sp³-hybridized carbons (Fsp3) is 0.500. The van der Waals surface area contributed by atoms with Crippen LogP contribution in [0.5, 0.6) is 0 Å². The molecular formula is C28H38FNO5. The van der Waals surface area contributed by atoms with Crippen LogP contribution in [0.25, 0.3) is 17.2 Å². The van der Waals surface area contributed by atoms with E-state index in [9.17, 15) is 19.4 Å². The van der Waals surface area contributed by atoms with E-state index < -0.39 is 24.6 Å².